The minimum Gasteiger partial charge on any atom is -0.388 e. The SMILES string of the molecule is C1=C(C2CCCCCCC2)NCC1. The summed E-state index contributed by atoms with van der Waals surface area (Å²) in [4.78, 5) is 0. The predicted octanol–water partition coefficient (Wildman–Crippen LogP) is 3.22. The molecule has 2 aliphatic rings. The van der Waals surface area contributed by atoms with Crippen LogP contribution in [0.15, 0.2) is 11.8 Å². The first kappa shape index (κ1) is 9.11. The minimum absolute atomic E-state index is 0.878. The molecule has 1 saturated carbocycles. The molecule has 1 heteroatoms. The number of nitrogens with one attached hydrogen (secondary N) is 1. The lowest BCUT2D eigenvalue weighted by molar-refractivity contribution is 0.409. The average molecular weight is 179 g/mol. The lowest BCUT2D eigenvalue weighted by atomic mass is 9.89. The van der Waals surface area contributed by atoms with Crippen molar-refractivity contribution in [1.29, 1.82) is 0 Å². The Labute approximate surface area is 81.6 Å². The fourth-order valence-corrected chi connectivity index (χ4v) is 2.59. The summed E-state index contributed by atoms with van der Waals surface area (Å²) < 4.78 is 0. The largest absolute Gasteiger partial charge is 0.388 e. The predicted molar refractivity (Wildman–Crippen MR) is 56.5 cm³/mol. The van der Waals surface area contributed by atoms with E-state index in [1.165, 1.54) is 57.9 Å². The fourth-order valence-electron chi connectivity index (χ4n) is 2.59. The first-order valence-corrected chi connectivity index (χ1v) is 5.91. The smallest absolute Gasteiger partial charge is 0.0179 e. The first-order chi connectivity index (χ1) is 6.47. The highest BCUT2D eigenvalue weighted by atomic mass is 14.9. The summed E-state index contributed by atoms with van der Waals surface area (Å²) in [5.41, 5.74) is 1.57. The van der Waals surface area contributed by atoms with Gasteiger partial charge in [-0.3, -0.25) is 0 Å². The van der Waals surface area contributed by atoms with Crippen LogP contribution in [0.5, 0.6) is 0 Å². The monoisotopic (exact) mass is 179 g/mol. The number of hydrogen-bond donors (Lipinski definition) is 1. The Morgan fingerprint density at radius 1 is 1.00 bits per heavy atom. The van der Waals surface area contributed by atoms with Crippen molar-refractivity contribution < 1.29 is 0 Å². The van der Waals surface area contributed by atoms with Crippen LogP contribution in [0.4, 0.5) is 0 Å². The summed E-state index contributed by atoms with van der Waals surface area (Å²) in [6.45, 7) is 1.19. The van der Waals surface area contributed by atoms with Crippen molar-refractivity contribution in [3.8, 4) is 0 Å². The molecule has 1 aliphatic carbocycles. The minimum atomic E-state index is 0.878. The zero-order valence-electron chi connectivity index (χ0n) is 8.52. The highest BCUT2D eigenvalue weighted by Gasteiger charge is 2.17. The summed E-state index contributed by atoms with van der Waals surface area (Å²) >= 11 is 0. The highest BCUT2D eigenvalue weighted by Crippen LogP contribution is 2.28. The molecule has 1 aliphatic heterocycles. The molecule has 0 bridgehead atoms. The lowest BCUT2D eigenvalue weighted by Crippen LogP contribution is -2.17. The van der Waals surface area contributed by atoms with Gasteiger partial charge in [0.15, 0.2) is 0 Å². The summed E-state index contributed by atoms with van der Waals surface area (Å²) in [7, 11) is 0. The highest BCUT2D eigenvalue weighted by molar-refractivity contribution is 5.09. The first-order valence-electron chi connectivity index (χ1n) is 5.91. The molecule has 1 nitrogen and oxygen atoms in total. The maximum Gasteiger partial charge on any atom is 0.0179 e. The summed E-state index contributed by atoms with van der Waals surface area (Å²) in [5, 5.41) is 3.54. The van der Waals surface area contributed by atoms with E-state index in [9.17, 15) is 0 Å². The van der Waals surface area contributed by atoms with Gasteiger partial charge in [-0.15, -0.1) is 0 Å². The topological polar surface area (TPSA) is 12.0 Å². The molecule has 0 aromatic carbocycles. The molecular formula is C12H21N. The van der Waals surface area contributed by atoms with Gasteiger partial charge in [-0.05, 0) is 25.2 Å². The molecule has 13 heavy (non-hydrogen) atoms. The van der Waals surface area contributed by atoms with E-state index < -0.39 is 0 Å². The van der Waals surface area contributed by atoms with Crippen LogP contribution in [0, 0.1) is 5.92 Å². The van der Waals surface area contributed by atoms with Crippen molar-refractivity contribution in [2.24, 2.45) is 5.92 Å². The third-order valence-electron chi connectivity index (χ3n) is 3.38. The quantitative estimate of drug-likeness (QED) is 0.651. The number of hydrogen-bond acceptors (Lipinski definition) is 1. The van der Waals surface area contributed by atoms with Gasteiger partial charge in [0.2, 0.25) is 0 Å². The van der Waals surface area contributed by atoms with Gasteiger partial charge in [-0.1, -0.05) is 38.2 Å². The molecule has 2 rings (SSSR count). The molecule has 1 N–H and O–H groups in total. The van der Waals surface area contributed by atoms with Crippen LogP contribution in [0.3, 0.4) is 0 Å². The van der Waals surface area contributed by atoms with Crippen LogP contribution in [0.2, 0.25) is 0 Å². The van der Waals surface area contributed by atoms with E-state index in [0.717, 1.165) is 5.92 Å². The van der Waals surface area contributed by atoms with Crippen molar-refractivity contribution in [2.45, 2.75) is 51.4 Å². The number of rotatable bonds is 1. The zero-order chi connectivity index (χ0) is 8.93. The van der Waals surface area contributed by atoms with Gasteiger partial charge in [0.25, 0.3) is 0 Å². The van der Waals surface area contributed by atoms with Gasteiger partial charge in [0.1, 0.15) is 0 Å². The van der Waals surface area contributed by atoms with Crippen LogP contribution in [-0.2, 0) is 0 Å². The van der Waals surface area contributed by atoms with E-state index in [0.29, 0.717) is 0 Å². The molecule has 0 aromatic heterocycles. The standard InChI is InChI=1S/C12H21N/c1-2-4-7-11(8-5-3-1)12-9-6-10-13-12/h9,11,13H,1-8,10H2. The maximum atomic E-state index is 3.54. The third-order valence-corrected chi connectivity index (χ3v) is 3.38. The molecule has 0 atom stereocenters. The van der Waals surface area contributed by atoms with Crippen LogP contribution < -0.4 is 5.32 Å². The van der Waals surface area contributed by atoms with Gasteiger partial charge in [-0.25, -0.2) is 0 Å². The Morgan fingerprint density at radius 3 is 2.31 bits per heavy atom. The Hall–Kier alpha value is -0.460. The van der Waals surface area contributed by atoms with Gasteiger partial charge in [0.05, 0.1) is 0 Å². The Morgan fingerprint density at radius 2 is 1.69 bits per heavy atom. The van der Waals surface area contributed by atoms with E-state index in [2.05, 4.69) is 11.4 Å². The Kier molecular flexibility index (Phi) is 3.28. The molecule has 1 fully saturated rings. The molecule has 74 valence electrons. The van der Waals surface area contributed by atoms with Gasteiger partial charge in [0, 0.05) is 12.2 Å². The van der Waals surface area contributed by atoms with Crippen molar-refractivity contribution in [2.75, 3.05) is 6.54 Å². The lowest BCUT2D eigenvalue weighted by Gasteiger charge is -2.21. The normalized spacial score (nSPS) is 26.0. The molecule has 1 heterocycles. The second-order valence-electron chi connectivity index (χ2n) is 4.42. The molecular weight excluding hydrogens is 158 g/mol. The summed E-state index contributed by atoms with van der Waals surface area (Å²) in [6.07, 6.45) is 13.8. The molecule has 0 spiro atoms. The van der Waals surface area contributed by atoms with Crippen molar-refractivity contribution in [3.63, 3.8) is 0 Å². The van der Waals surface area contributed by atoms with E-state index in [1.807, 2.05) is 0 Å². The van der Waals surface area contributed by atoms with E-state index in [4.69, 9.17) is 0 Å². The van der Waals surface area contributed by atoms with Crippen LogP contribution in [-0.4, -0.2) is 6.54 Å². The van der Waals surface area contributed by atoms with E-state index >= 15 is 0 Å². The molecule has 0 unspecified atom stereocenters. The van der Waals surface area contributed by atoms with Crippen LogP contribution >= 0.6 is 0 Å². The fraction of sp³-hybridized carbons (Fsp3) is 0.833. The Balaban J connectivity index is 1.87. The third kappa shape index (κ3) is 2.49. The Bertz CT molecular complexity index is 176. The van der Waals surface area contributed by atoms with E-state index in [1.54, 1.807) is 5.70 Å². The van der Waals surface area contributed by atoms with Gasteiger partial charge < -0.3 is 5.32 Å². The second kappa shape index (κ2) is 4.69. The van der Waals surface area contributed by atoms with Gasteiger partial charge >= 0.3 is 0 Å². The van der Waals surface area contributed by atoms with Gasteiger partial charge in [-0.2, -0.15) is 0 Å². The van der Waals surface area contributed by atoms with Crippen molar-refractivity contribution in [3.05, 3.63) is 11.8 Å². The molecule has 0 saturated heterocycles. The zero-order valence-corrected chi connectivity index (χ0v) is 8.52. The average Bonchev–Trinajstić information content (AvgIpc) is 2.55. The molecule has 0 amide bonds. The van der Waals surface area contributed by atoms with Crippen LogP contribution in [0.25, 0.3) is 0 Å². The van der Waals surface area contributed by atoms with Crippen molar-refractivity contribution in [1.82, 2.24) is 5.32 Å². The summed E-state index contributed by atoms with van der Waals surface area (Å²) in [6, 6.07) is 0. The molecule has 0 radical (unpaired) electrons. The number of allylic oxidation sites excluding steroid dienone is 1. The summed E-state index contributed by atoms with van der Waals surface area (Å²) in [5.74, 6) is 0.878. The maximum absolute atomic E-state index is 3.54. The van der Waals surface area contributed by atoms with Crippen molar-refractivity contribution >= 4 is 0 Å². The molecule has 0 aromatic rings. The second-order valence-corrected chi connectivity index (χ2v) is 4.42. The van der Waals surface area contributed by atoms with E-state index in [-0.39, 0.29) is 0 Å². The van der Waals surface area contributed by atoms with Crippen LogP contribution in [0.1, 0.15) is 51.4 Å².